The van der Waals surface area contributed by atoms with Crippen molar-refractivity contribution in [2.45, 2.75) is 13.3 Å². The minimum absolute atomic E-state index is 0.795. The molecule has 1 N–H and O–H groups in total. The molecule has 0 saturated heterocycles. The van der Waals surface area contributed by atoms with Crippen molar-refractivity contribution in [2.24, 2.45) is 0 Å². The van der Waals surface area contributed by atoms with E-state index in [9.17, 15) is 0 Å². The van der Waals surface area contributed by atoms with Crippen LogP contribution in [-0.4, -0.2) is 26.1 Å². The number of nitrogens with zero attached hydrogens (tertiary/aromatic N) is 4. The van der Waals surface area contributed by atoms with Gasteiger partial charge in [0, 0.05) is 35.9 Å². The van der Waals surface area contributed by atoms with Crippen LogP contribution in [0.4, 0.5) is 5.69 Å². The quantitative estimate of drug-likeness (QED) is 0.629. The van der Waals surface area contributed by atoms with E-state index in [0.29, 0.717) is 0 Å². The zero-order chi connectivity index (χ0) is 15.6. The van der Waals surface area contributed by atoms with Crippen LogP contribution in [-0.2, 0) is 6.42 Å². The topological polar surface area (TPSA) is 55.1 Å². The van der Waals surface area contributed by atoms with Crippen LogP contribution in [0.1, 0.15) is 11.5 Å². The van der Waals surface area contributed by atoms with Gasteiger partial charge in [-0.05, 0) is 31.2 Å². The van der Waals surface area contributed by atoms with Gasteiger partial charge in [-0.2, -0.15) is 0 Å². The lowest BCUT2D eigenvalue weighted by molar-refractivity contribution is 0.871. The predicted molar refractivity (Wildman–Crippen MR) is 91.7 cm³/mol. The fraction of sp³-hybridized carbons (Fsp3) is 0.167. The highest BCUT2D eigenvalue weighted by Gasteiger charge is 2.06. The van der Waals surface area contributed by atoms with Crippen molar-refractivity contribution in [1.82, 2.24) is 19.6 Å². The first-order valence-corrected chi connectivity index (χ1v) is 7.70. The van der Waals surface area contributed by atoms with E-state index in [0.717, 1.165) is 46.7 Å². The summed E-state index contributed by atoms with van der Waals surface area (Å²) in [7, 11) is 0. The van der Waals surface area contributed by atoms with Gasteiger partial charge in [0.05, 0.1) is 5.52 Å². The van der Waals surface area contributed by atoms with Crippen LogP contribution in [0.2, 0.25) is 0 Å². The number of aryl methyl sites for hydroxylation is 1. The number of pyridine rings is 2. The van der Waals surface area contributed by atoms with Crippen molar-refractivity contribution in [1.29, 1.82) is 0 Å². The molecule has 0 aliphatic heterocycles. The van der Waals surface area contributed by atoms with Crippen LogP contribution in [0.5, 0.6) is 0 Å². The molecule has 0 spiro atoms. The summed E-state index contributed by atoms with van der Waals surface area (Å²) >= 11 is 0. The Balaban J connectivity index is 1.55. The highest BCUT2D eigenvalue weighted by molar-refractivity contribution is 5.91. The lowest BCUT2D eigenvalue weighted by Gasteiger charge is -2.10. The number of hydrogen-bond donors (Lipinski definition) is 1. The summed E-state index contributed by atoms with van der Waals surface area (Å²) in [5, 5.41) is 13.1. The molecular weight excluding hydrogens is 286 g/mol. The van der Waals surface area contributed by atoms with Gasteiger partial charge < -0.3 is 5.32 Å². The number of para-hydroxylation sites is 1. The number of rotatable bonds is 4. The Labute approximate surface area is 134 Å². The molecule has 0 saturated carbocycles. The van der Waals surface area contributed by atoms with Gasteiger partial charge in [-0.1, -0.05) is 24.3 Å². The van der Waals surface area contributed by atoms with Gasteiger partial charge in [-0.3, -0.25) is 9.38 Å². The number of hydrogen-bond acceptors (Lipinski definition) is 4. The van der Waals surface area contributed by atoms with Crippen molar-refractivity contribution in [3.63, 3.8) is 0 Å². The monoisotopic (exact) mass is 303 g/mol. The molecule has 23 heavy (non-hydrogen) atoms. The van der Waals surface area contributed by atoms with Crippen LogP contribution in [0.25, 0.3) is 16.6 Å². The summed E-state index contributed by atoms with van der Waals surface area (Å²) in [6, 6.07) is 16.2. The summed E-state index contributed by atoms with van der Waals surface area (Å²) in [6.07, 6.45) is 2.80. The van der Waals surface area contributed by atoms with E-state index in [1.54, 1.807) is 0 Å². The molecule has 0 aliphatic carbocycles. The molecule has 1 aromatic carbocycles. The Kier molecular flexibility index (Phi) is 3.38. The van der Waals surface area contributed by atoms with E-state index in [4.69, 9.17) is 0 Å². The molecule has 0 radical (unpaired) electrons. The van der Waals surface area contributed by atoms with E-state index in [-0.39, 0.29) is 0 Å². The Morgan fingerprint density at radius 1 is 1.04 bits per heavy atom. The lowest BCUT2D eigenvalue weighted by atomic mass is 10.1. The number of anilines is 1. The molecule has 0 unspecified atom stereocenters. The van der Waals surface area contributed by atoms with Gasteiger partial charge >= 0.3 is 0 Å². The summed E-state index contributed by atoms with van der Waals surface area (Å²) in [6.45, 7) is 2.81. The van der Waals surface area contributed by atoms with Crippen molar-refractivity contribution < 1.29 is 0 Å². The molecule has 0 fully saturated rings. The molecule has 0 bridgehead atoms. The van der Waals surface area contributed by atoms with Gasteiger partial charge in [-0.15, -0.1) is 10.2 Å². The van der Waals surface area contributed by atoms with Crippen molar-refractivity contribution in [2.75, 3.05) is 11.9 Å². The first-order valence-electron chi connectivity index (χ1n) is 7.70. The van der Waals surface area contributed by atoms with Crippen LogP contribution in [0.15, 0.2) is 54.7 Å². The molecule has 3 heterocycles. The third-order valence-corrected chi connectivity index (χ3v) is 3.89. The number of benzene rings is 1. The fourth-order valence-electron chi connectivity index (χ4n) is 2.82. The smallest absolute Gasteiger partial charge is 0.160 e. The summed E-state index contributed by atoms with van der Waals surface area (Å²) < 4.78 is 2.03. The zero-order valence-corrected chi connectivity index (χ0v) is 12.9. The Morgan fingerprint density at radius 3 is 2.87 bits per heavy atom. The number of nitrogens with one attached hydrogen (secondary N) is 1. The normalized spacial score (nSPS) is 11.2. The molecule has 5 heteroatoms. The maximum atomic E-state index is 4.57. The second-order valence-electron chi connectivity index (χ2n) is 5.55. The Bertz CT molecular complexity index is 973. The van der Waals surface area contributed by atoms with E-state index < -0.39 is 0 Å². The molecule has 0 atom stereocenters. The third kappa shape index (κ3) is 2.61. The molecule has 4 aromatic rings. The van der Waals surface area contributed by atoms with Crippen LogP contribution < -0.4 is 5.32 Å². The zero-order valence-electron chi connectivity index (χ0n) is 12.9. The highest BCUT2D eigenvalue weighted by Crippen LogP contribution is 2.22. The van der Waals surface area contributed by atoms with E-state index in [2.05, 4.69) is 32.6 Å². The Hall–Kier alpha value is -2.95. The minimum atomic E-state index is 0.795. The SMILES string of the molecule is Cc1cc(NCCc2nnc3ccccn23)c2ccccc2n1. The second kappa shape index (κ2) is 5.68. The summed E-state index contributed by atoms with van der Waals surface area (Å²) in [5.74, 6) is 0.961. The molecule has 5 nitrogen and oxygen atoms in total. The number of aromatic nitrogens is 4. The van der Waals surface area contributed by atoms with E-state index in [1.807, 2.05) is 53.9 Å². The van der Waals surface area contributed by atoms with Gasteiger partial charge in [-0.25, -0.2) is 0 Å². The molecule has 114 valence electrons. The summed E-state index contributed by atoms with van der Waals surface area (Å²) in [5.41, 5.74) is 4.02. The third-order valence-electron chi connectivity index (χ3n) is 3.89. The molecule has 0 aliphatic rings. The average Bonchev–Trinajstić information content (AvgIpc) is 2.98. The molecule has 3 aromatic heterocycles. The molecule has 0 amide bonds. The maximum Gasteiger partial charge on any atom is 0.160 e. The van der Waals surface area contributed by atoms with Gasteiger partial charge in [0.2, 0.25) is 0 Å². The predicted octanol–water partition coefficient (Wildman–Crippen LogP) is 3.24. The fourth-order valence-corrected chi connectivity index (χ4v) is 2.82. The first-order chi connectivity index (χ1) is 11.3. The van der Waals surface area contributed by atoms with Crippen LogP contribution in [0.3, 0.4) is 0 Å². The first kappa shape index (κ1) is 13.7. The van der Waals surface area contributed by atoms with Crippen molar-refractivity contribution in [3.8, 4) is 0 Å². The van der Waals surface area contributed by atoms with Gasteiger partial charge in [0.1, 0.15) is 5.82 Å². The second-order valence-corrected chi connectivity index (χ2v) is 5.55. The minimum Gasteiger partial charge on any atom is -0.384 e. The van der Waals surface area contributed by atoms with Crippen molar-refractivity contribution in [3.05, 3.63) is 66.2 Å². The van der Waals surface area contributed by atoms with Crippen molar-refractivity contribution >= 4 is 22.2 Å². The van der Waals surface area contributed by atoms with Crippen LogP contribution >= 0.6 is 0 Å². The van der Waals surface area contributed by atoms with Gasteiger partial charge in [0.25, 0.3) is 0 Å². The Morgan fingerprint density at radius 2 is 1.91 bits per heavy atom. The average molecular weight is 303 g/mol. The molecular formula is C18H17N5. The maximum absolute atomic E-state index is 4.57. The summed E-state index contributed by atoms with van der Waals surface area (Å²) in [4.78, 5) is 4.57. The van der Waals surface area contributed by atoms with E-state index >= 15 is 0 Å². The largest absolute Gasteiger partial charge is 0.384 e. The van der Waals surface area contributed by atoms with E-state index in [1.165, 1.54) is 0 Å². The lowest BCUT2D eigenvalue weighted by Crippen LogP contribution is -2.08. The number of fused-ring (bicyclic) bond motifs is 2. The van der Waals surface area contributed by atoms with Crippen LogP contribution in [0, 0.1) is 6.92 Å². The van der Waals surface area contributed by atoms with Gasteiger partial charge in [0.15, 0.2) is 5.65 Å². The molecule has 4 rings (SSSR count). The highest BCUT2D eigenvalue weighted by atomic mass is 15.2. The standard InChI is InChI=1S/C18H17N5/c1-13-12-16(14-6-2-3-7-15(14)20-13)19-10-9-18-22-21-17-8-4-5-11-23(17)18/h2-8,11-12H,9-10H2,1H3,(H,19,20).